The zero-order chi connectivity index (χ0) is 19.3. The molecule has 4 rings (SSSR count). The first-order chi connectivity index (χ1) is 13.7. The number of hydrogen-bond acceptors (Lipinski definition) is 6. The summed E-state index contributed by atoms with van der Waals surface area (Å²) < 4.78 is 7.13. The fourth-order valence-corrected chi connectivity index (χ4v) is 3.31. The molecule has 140 valence electrons. The summed E-state index contributed by atoms with van der Waals surface area (Å²) >= 11 is 0. The van der Waals surface area contributed by atoms with Crippen LogP contribution in [0.15, 0.2) is 65.7 Å². The number of benzene rings is 1. The smallest absolute Gasteiger partial charge is 0.267 e. The second-order valence-electron chi connectivity index (χ2n) is 6.65. The molecule has 2 atom stereocenters. The Morgan fingerprint density at radius 1 is 1.21 bits per heavy atom. The van der Waals surface area contributed by atoms with E-state index in [9.17, 15) is 4.79 Å². The summed E-state index contributed by atoms with van der Waals surface area (Å²) in [6.07, 6.45) is 3.42. The zero-order valence-electron chi connectivity index (χ0n) is 15.2. The number of nitrogens with zero attached hydrogens (tertiary/aromatic N) is 4. The van der Waals surface area contributed by atoms with Gasteiger partial charge in [0.25, 0.3) is 5.56 Å². The van der Waals surface area contributed by atoms with Crippen LogP contribution >= 0.6 is 0 Å². The lowest BCUT2D eigenvalue weighted by Gasteiger charge is -2.21. The lowest BCUT2D eigenvalue weighted by molar-refractivity contribution is 0.181. The Kier molecular flexibility index (Phi) is 5.24. The molecular weight excluding hydrogens is 354 g/mol. The number of nitrogens with one attached hydrogen (secondary N) is 1. The second kappa shape index (κ2) is 8.13. The van der Waals surface area contributed by atoms with Crippen molar-refractivity contribution in [3.05, 3.63) is 82.4 Å². The second-order valence-corrected chi connectivity index (χ2v) is 6.65. The summed E-state index contributed by atoms with van der Waals surface area (Å²) in [6, 6.07) is 16.3. The summed E-state index contributed by atoms with van der Waals surface area (Å²) in [5.41, 5.74) is 3.02. The van der Waals surface area contributed by atoms with Crippen LogP contribution in [-0.2, 0) is 11.3 Å². The molecule has 1 N–H and O–H groups in total. The van der Waals surface area contributed by atoms with Crippen molar-refractivity contribution < 1.29 is 4.74 Å². The van der Waals surface area contributed by atoms with Crippen LogP contribution in [0, 0.1) is 11.3 Å². The third kappa shape index (κ3) is 3.83. The highest BCUT2D eigenvalue weighted by Gasteiger charge is 2.31. The molecule has 1 aliphatic rings. The van der Waals surface area contributed by atoms with E-state index >= 15 is 0 Å². The van der Waals surface area contributed by atoms with Gasteiger partial charge in [-0.05, 0) is 35.9 Å². The molecule has 0 radical (unpaired) electrons. The monoisotopic (exact) mass is 373 g/mol. The van der Waals surface area contributed by atoms with Crippen molar-refractivity contribution in [3.8, 4) is 17.3 Å². The Labute approximate surface area is 162 Å². The van der Waals surface area contributed by atoms with Gasteiger partial charge >= 0.3 is 0 Å². The maximum atomic E-state index is 12.5. The number of aromatic nitrogens is 3. The van der Waals surface area contributed by atoms with Gasteiger partial charge in [-0.25, -0.2) is 4.68 Å². The van der Waals surface area contributed by atoms with Crippen molar-refractivity contribution in [3.63, 3.8) is 0 Å². The molecule has 1 saturated heterocycles. The van der Waals surface area contributed by atoms with Gasteiger partial charge in [-0.15, -0.1) is 0 Å². The van der Waals surface area contributed by atoms with Crippen LogP contribution in [0.5, 0.6) is 0 Å². The molecule has 0 aliphatic carbocycles. The summed E-state index contributed by atoms with van der Waals surface area (Å²) in [5.74, 6) is 0. The normalized spacial score (nSPS) is 18.7. The van der Waals surface area contributed by atoms with Crippen LogP contribution in [0.2, 0.25) is 0 Å². The first-order valence-corrected chi connectivity index (χ1v) is 9.05. The van der Waals surface area contributed by atoms with Crippen LogP contribution in [-0.4, -0.2) is 34.0 Å². The van der Waals surface area contributed by atoms with E-state index in [0.29, 0.717) is 31.0 Å². The topological polar surface area (TPSA) is 92.8 Å². The highest BCUT2D eigenvalue weighted by atomic mass is 16.5. The molecule has 3 heterocycles. The molecule has 1 aliphatic heterocycles. The van der Waals surface area contributed by atoms with E-state index in [1.54, 1.807) is 24.5 Å². The molecule has 1 fully saturated rings. The van der Waals surface area contributed by atoms with E-state index in [0.717, 1.165) is 11.1 Å². The van der Waals surface area contributed by atoms with Crippen LogP contribution < -0.4 is 10.9 Å². The van der Waals surface area contributed by atoms with Gasteiger partial charge in [0.15, 0.2) is 0 Å². The van der Waals surface area contributed by atoms with Crippen LogP contribution in [0.4, 0.5) is 0 Å². The molecule has 0 spiro atoms. The third-order valence-corrected chi connectivity index (χ3v) is 4.77. The van der Waals surface area contributed by atoms with Gasteiger partial charge in [0.2, 0.25) is 0 Å². The zero-order valence-corrected chi connectivity index (χ0v) is 15.2. The molecule has 2 aromatic heterocycles. The van der Waals surface area contributed by atoms with Gasteiger partial charge in [-0.2, -0.15) is 10.4 Å². The van der Waals surface area contributed by atoms with Gasteiger partial charge in [0.05, 0.1) is 42.6 Å². The van der Waals surface area contributed by atoms with E-state index < -0.39 is 0 Å². The summed E-state index contributed by atoms with van der Waals surface area (Å²) in [7, 11) is 0. The molecule has 7 nitrogen and oxygen atoms in total. The van der Waals surface area contributed by atoms with Gasteiger partial charge in [-0.3, -0.25) is 9.78 Å². The van der Waals surface area contributed by atoms with Crippen molar-refractivity contribution in [1.82, 2.24) is 20.1 Å². The molecule has 28 heavy (non-hydrogen) atoms. The number of ether oxygens (including phenoxy) is 1. The van der Waals surface area contributed by atoms with E-state index in [2.05, 4.69) is 21.5 Å². The maximum Gasteiger partial charge on any atom is 0.267 e. The minimum Gasteiger partial charge on any atom is -0.377 e. The SMILES string of the molecule is N#Cc1cccc(CNC2COCC2n2nc(-c3cccnc3)ccc2=O)c1. The maximum absolute atomic E-state index is 12.5. The lowest BCUT2D eigenvalue weighted by atomic mass is 10.1. The molecule has 1 aromatic carbocycles. The molecule has 0 saturated carbocycles. The van der Waals surface area contributed by atoms with Crippen LogP contribution in [0.25, 0.3) is 11.3 Å². The van der Waals surface area contributed by atoms with E-state index in [-0.39, 0.29) is 17.6 Å². The minimum atomic E-state index is -0.205. The fraction of sp³-hybridized carbons (Fsp3) is 0.238. The first kappa shape index (κ1) is 18.0. The van der Waals surface area contributed by atoms with Crippen molar-refractivity contribution >= 4 is 0 Å². The Balaban J connectivity index is 1.55. The largest absolute Gasteiger partial charge is 0.377 e. The van der Waals surface area contributed by atoms with Crippen LogP contribution in [0.1, 0.15) is 17.2 Å². The molecule has 0 bridgehead atoms. The van der Waals surface area contributed by atoms with Crippen molar-refractivity contribution in [2.75, 3.05) is 13.2 Å². The molecule has 2 unspecified atom stereocenters. The summed E-state index contributed by atoms with van der Waals surface area (Å²) in [6.45, 7) is 1.49. The average molecular weight is 373 g/mol. The quantitative estimate of drug-likeness (QED) is 0.734. The van der Waals surface area contributed by atoms with Gasteiger partial charge in [0, 0.05) is 30.6 Å². The predicted molar refractivity (Wildman–Crippen MR) is 103 cm³/mol. The Bertz CT molecular complexity index is 1060. The number of pyridine rings is 1. The number of rotatable bonds is 5. The van der Waals surface area contributed by atoms with Crippen molar-refractivity contribution in [2.45, 2.75) is 18.6 Å². The van der Waals surface area contributed by atoms with Gasteiger partial charge < -0.3 is 10.1 Å². The van der Waals surface area contributed by atoms with E-state index in [4.69, 9.17) is 10.00 Å². The number of nitriles is 1. The van der Waals surface area contributed by atoms with Gasteiger partial charge in [0.1, 0.15) is 0 Å². The molecule has 7 heteroatoms. The first-order valence-electron chi connectivity index (χ1n) is 9.05. The lowest BCUT2D eigenvalue weighted by Crippen LogP contribution is -2.41. The Morgan fingerprint density at radius 2 is 2.14 bits per heavy atom. The molecular formula is C21H19N5O2. The molecule has 0 amide bonds. The van der Waals surface area contributed by atoms with Crippen LogP contribution in [0.3, 0.4) is 0 Å². The minimum absolute atomic E-state index is 0.0555. The van der Waals surface area contributed by atoms with Crippen molar-refractivity contribution in [2.24, 2.45) is 0 Å². The Hall–Kier alpha value is -3.34. The number of hydrogen-bond donors (Lipinski definition) is 1. The third-order valence-electron chi connectivity index (χ3n) is 4.77. The predicted octanol–water partition coefficient (Wildman–Crippen LogP) is 1.91. The summed E-state index contributed by atoms with van der Waals surface area (Å²) in [5, 5.41) is 17.0. The van der Waals surface area contributed by atoms with E-state index in [1.165, 1.54) is 10.7 Å². The summed E-state index contributed by atoms with van der Waals surface area (Å²) in [4.78, 5) is 16.6. The highest BCUT2D eigenvalue weighted by Crippen LogP contribution is 2.20. The van der Waals surface area contributed by atoms with E-state index in [1.807, 2.05) is 30.3 Å². The van der Waals surface area contributed by atoms with Crippen molar-refractivity contribution in [1.29, 1.82) is 5.26 Å². The molecule has 3 aromatic rings. The standard InChI is InChI=1S/C21H19N5O2/c22-10-15-3-1-4-16(9-15)11-24-19-13-28-14-20(19)26-21(27)7-6-18(25-26)17-5-2-8-23-12-17/h1-9,12,19-20,24H,11,13-14H2. The highest BCUT2D eigenvalue weighted by molar-refractivity contribution is 5.56. The van der Waals surface area contributed by atoms with Gasteiger partial charge in [-0.1, -0.05) is 12.1 Å². The fourth-order valence-electron chi connectivity index (χ4n) is 3.31. The Morgan fingerprint density at radius 3 is 2.96 bits per heavy atom. The average Bonchev–Trinajstić information content (AvgIpc) is 3.22.